The molecular formula is C46H56FN9O6. The van der Waals surface area contributed by atoms with Gasteiger partial charge in [-0.2, -0.15) is 0 Å². The van der Waals surface area contributed by atoms with Gasteiger partial charge in [0.1, 0.15) is 29.5 Å². The minimum Gasteiger partial charge on any atom is -0.453 e. The van der Waals surface area contributed by atoms with Gasteiger partial charge >= 0.3 is 12.2 Å². The van der Waals surface area contributed by atoms with E-state index in [1.54, 1.807) is 0 Å². The second kappa shape index (κ2) is 17.7. The van der Waals surface area contributed by atoms with Crippen molar-refractivity contribution in [3.63, 3.8) is 0 Å². The van der Waals surface area contributed by atoms with Crippen LogP contribution in [0.5, 0.6) is 0 Å². The van der Waals surface area contributed by atoms with Crippen LogP contribution < -0.4 is 15.5 Å². The molecule has 16 heteroatoms. The van der Waals surface area contributed by atoms with Crippen molar-refractivity contribution in [2.75, 3.05) is 32.2 Å². The summed E-state index contributed by atoms with van der Waals surface area (Å²) in [4.78, 5) is 74.9. The Labute approximate surface area is 360 Å². The molecule has 4 amide bonds. The fraction of sp³-hybridized carbons (Fsp3) is 0.478. The number of imidazole rings is 2. The second-order valence-electron chi connectivity index (χ2n) is 17.4. The maximum Gasteiger partial charge on any atom is 0.407 e. The Morgan fingerprint density at radius 2 is 1.08 bits per heavy atom. The number of methoxy groups -OCH3 is 2. The van der Waals surface area contributed by atoms with E-state index in [4.69, 9.17) is 19.4 Å². The van der Waals surface area contributed by atoms with Crippen molar-refractivity contribution in [1.29, 1.82) is 0 Å². The monoisotopic (exact) mass is 849 g/mol. The lowest BCUT2D eigenvalue weighted by atomic mass is 10.0. The van der Waals surface area contributed by atoms with Gasteiger partial charge in [0.25, 0.3) is 0 Å². The molecule has 0 spiro atoms. The molecule has 0 radical (unpaired) electrons. The van der Waals surface area contributed by atoms with Crippen molar-refractivity contribution in [3.05, 3.63) is 89.3 Å². The first kappa shape index (κ1) is 42.5. The Morgan fingerprint density at radius 3 is 1.48 bits per heavy atom. The minimum atomic E-state index is -0.725. The summed E-state index contributed by atoms with van der Waals surface area (Å²) in [7, 11) is 2.57. The lowest BCUT2D eigenvalue weighted by Crippen LogP contribution is -2.51. The Balaban J connectivity index is 1.06. The number of anilines is 1. The molecule has 5 heterocycles. The number of hydrogen-bond donors (Lipinski definition) is 4. The van der Waals surface area contributed by atoms with E-state index in [9.17, 15) is 23.6 Å². The Hall–Kier alpha value is -6.19. The number of H-pyrrole nitrogens is 2. The molecule has 0 saturated carbocycles. The molecule has 3 fully saturated rings. The summed E-state index contributed by atoms with van der Waals surface area (Å²) in [6, 6.07) is 17.1. The van der Waals surface area contributed by atoms with Gasteiger partial charge in [-0.15, -0.1) is 0 Å². The van der Waals surface area contributed by atoms with Crippen LogP contribution in [0.1, 0.15) is 113 Å². The van der Waals surface area contributed by atoms with E-state index in [-0.39, 0.29) is 53.6 Å². The van der Waals surface area contributed by atoms with Crippen LogP contribution in [0.3, 0.4) is 0 Å². The number of nitrogens with one attached hydrogen (secondary N) is 4. The molecule has 3 saturated heterocycles. The standard InChI is InChI=1S/C46H56FN9O6/c1-25(2)39(52-45(59)61-5)43(57)54-21-7-9-37(54)41-48-31-17-11-27(23-33(31)50-41)35-19-20-36(56(35)30-15-13-29(47)14-16-30)28-12-18-32-34(24-28)51-42(49-32)38-10-8-22-55(38)44(58)40(26(3)4)53-46(60)62-6/h11-18,23-26,35-40H,7-10,19-22H2,1-6H3,(H,48,50)(H,49,51)(H,52,59)(H,53,60)/t35-,36-,37+,38+,39+,40+/m1/s1. The van der Waals surface area contributed by atoms with E-state index < -0.39 is 24.3 Å². The molecule has 3 aliphatic rings. The number of amides is 4. The van der Waals surface area contributed by atoms with Gasteiger partial charge in [-0.1, -0.05) is 39.8 Å². The van der Waals surface area contributed by atoms with Crippen molar-refractivity contribution in [1.82, 2.24) is 40.4 Å². The number of hydrogen-bond acceptors (Lipinski definition) is 9. The van der Waals surface area contributed by atoms with Gasteiger partial charge < -0.3 is 44.8 Å². The number of likely N-dealkylation sites (tertiary alicyclic amines) is 2. The minimum absolute atomic E-state index is 0.0493. The lowest BCUT2D eigenvalue weighted by molar-refractivity contribution is -0.136. The fourth-order valence-corrected chi connectivity index (χ4v) is 9.64. The Morgan fingerprint density at radius 1 is 0.645 bits per heavy atom. The number of ether oxygens (including phenoxy) is 2. The third-order valence-electron chi connectivity index (χ3n) is 12.8. The van der Waals surface area contributed by atoms with Gasteiger partial charge in [-0.05, 0) is 110 Å². The third kappa shape index (κ3) is 8.26. The molecular weight excluding hydrogens is 794 g/mol. The lowest BCUT2D eigenvalue weighted by Gasteiger charge is -2.33. The van der Waals surface area contributed by atoms with Crippen LogP contribution in [0.2, 0.25) is 0 Å². The first-order valence-electron chi connectivity index (χ1n) is 21.7. The van der Waals surface area contributed by atoms with E-state index in [2.05, 4.69) is 49.8 Å². The van der Waals surface area contributed by atoms with Crippen LogP contribution in [0.4, 0.5) is 19.7 Å². The fourth-order valence-electron chi connectivity index (χ4n) is 9.64. The van der Waals surface area contributed by atoms with E-state index in [1.165, 1.54) is 26.4 Å². The topological polar surface area (TPSA) is 178 Å². The molecule has 5 aromatic rings. The maximum absolute atomic E-state index is 14.4. The van der Waals surface area contributed by atoms with Crippen LogP contribution in [0.25, 0.3) is 22.1 Å². The Kier molecular flexibility index (Phi) is 12.1. The summed E-state index contributed by atoms with van der Waals surface area (Å²) in [5.41, 5.74) is 6.34. The zero-order chi connectivity index (χ0) is 43.8. The predicted molar refractivity (Wildman–Crippen MR) is 231 cm³/mol. The van der Waals surface area contributed by atoms with Crippen LogP contribution in [-0.4, -0.2) is 93.1 Å². The molecule has 15 nitrogen and oxygen atoms in total. The Bertz CT molecular complexity index is 2300. The van der Waals surface area contributed by atoms with Gasteiger partial charge in [-0.3, -0.25) is 9.59 Å². The summed E-state index contributed by atoms with van der Waals surface area (Å²) in [5.74, 6) is 0.506. The summed E-state index contributed by atoms with van der Waals surface area (Å²) >= 11 is 0. The highest BCUT2D eigenvalue weighted by Gasteiger charge is 2.40. The molecule has 8 rings (SSSR count). The average molecular weight is 850 g/mol. The molecule has 4 N–H and O–H groups in total. The number of nitrogens with zero attached hydrogens (tertiary/aromatic N) is 5. The average Bonchev–Trinajstić information content (AvgIpc) is 4.12. The number of aromatic nitrogens is 4. The summed E-state index contributed by atoms with van der Waals surface area (Å²) in [5, 5.41) is 5.43. The number of fused-ring (bicyclic) bond motifs is 2. The summed E-state index contributed by atoms with van der Waals surface area (Å²) in [6.45, 7) is 8.71. The quantitative estimate of drug-likeness (QED) is 0.104. The normalized spacial score (nSPS) is 21.3. The molecule has 62 heavy (non-hydrogen) atoms. The molecule has 2 aromatic heterocycles. The van der Waals surface area contributed by atoms with Crippen LogP contribution in [0.15, 0.2) is 60.7 Å². The van der Waals surface area contributed by atoms with Crippen LogP contribution >= 0.6 is 0 Å². The van der Waals surface area contributed by atoms with Gasteiger partial charge in [-0.25, -0.2) is 23.9 Å². The number of benzene rings is 3. The van der Waals surface area contributed by atoms with Crippen molar-refractivity contribution >= 4 is 51.8 Å². The SMILES string of the molecule is COC(=O)N[C@H](C(=O)N1CCC[C@H]1c1nc2cc([C@H]3CC[C@H](c4ccc5[nH]c([C@@H]6CCCN6C(=O)[C@@H](NC(=O)OC)C(C)C)nc5c4)N3c3ccc(F)cc3)ccc2[nH]1)C(C)C. The third-order valence-corrected chi connectivity index (χ3v) is 12.8. The number of carbonyl (C=O) groups is 4. The number of aromatic amines is 2. The van der Waals surface area contributed by atoms with E-state index in [0.29, 0.717) is 24.7 Å². The van der Waals surface area contributed by atoms with Gasteiger partial charge in [0, 0.05) is 18.8 Å². The number of rotatable bonds is 11. The smallest absolute Gasteiger partial charge is 0.407 e. The van der Waals surface area contributed by atoms with E-state index in [0.717, 1.165) is 77.4 Å². The van der Waals surface area contributed by atoms with Gasteiger partial charge in [0.2, 0.25) is 11.8 Å². The molecule has 6 atom stereocenters. The molecule has 0 aliphatic carbocycles. The first-order chi connectivity index (χ1) is 29.8. The van der Waals surface area contributed by atoms with E-state index >= 15 is 0 Å². The predicted octanol–water partition coefficient (Wildman–Crippen LogP) is 7.75. The molecule has 3 aliphatic heterocycles. The number of halogens is 1. The number of carbonyl (C=O) groups excluding carboxylic acids is 4. The van der Waals surface area contributed by atoms with Crippen molar-refractivity contribution in [2.24, 2.45) is 11.8 Å². The highest BCUT2D eigenvalue weighted by molar-refractivity contribution is 5.87. The summed E-state index contributed by atoms with van der Waals surface area (Å²) in [6.07, 6.45) is 3.51. The summed E-state index contributed by atoms with van der Waals surface area (Å²) < 4.78 is 24.0. The van der Waals surface area contributed by atoms with Crippen LogP contribution in [-0.2, 0) is 19.1 Å². The molecule has 0 unspecified atom stereocenters. The zero-order valence-corrected chi connectivity index (χ0v) is 36.1. The van der Waals surface area contributed by atoms with E-state index in [1.807, 2.05) is 61.8 Å². The zero-order valence-electron chi connectivity index (χ0n) is 36.1. The maximum atomic E-state index is 14.4. The van der Waals surface area contributed by atoms with Crippen molar-refractivity contribution < 1.29 is 33.0 Å². The highest BCUT2D eigenvalue weighted by Crippen LogP contribution is 2.48. The van der Waals surface area contributed by atoms with Gasteiger partial charge in [0.05, 0.1) is 60.5 Å². The van der Waals surface area contributed by atoms with Crippen molar-refractivity contribution in [3.8, 4) is 0 Å². The first-order valence-corrected chi connectivity index (χ1v) is 21.7. The van der Waals surface area contributed by atoms with Gasteiger partial charge in [0.15, 0.2) is 0 Å². The second-order valence-corrected chi connectivity index (χ2v) is 17.4. The van der Waals surface area contributed by atoms with Crippen LogP contribution in [0, 0.1) is 17.7 Å². The molecule has 0 bridgehead atoms. The molecule has 328 valence electrons. The molecule has 3 aromatic carbocycles. The number of alkyl carbamates (subject to hydrolysis) is 2. The largest absolute Gasteiger partial charge is 0.453 e. The van der Waals surface area contributed by atoms with Crippen molar-refractivity contribution in [2.45, 2.75) is 102 Å². The highest BCUT2D eigenvalue weighted by atomic mass is 19.1.